The molecular weight excluding hydrogens is 238 g/mol. The Hall–Kier alpha value is -1.22. The molecule has 3 heteroatoms. The monoisotopic (exact) mass is 263 g/mol. The van der Waals surface area contributed by atoms with E-state index in [9.17, 15) is 0 Å². The first kappa shape index (κ1) is 14.2. The van der Waals surface area contributed by atoms with E-state index in [-0.39, 0.29) is 11.5 Å². The molecule has 0 amide bonds. The van der Waals surface area contributed by atoms with Gasteiger partial charge < -0.3 is 15.2 Å². The molecule has 0 heterocycles. The highest BCUT2D eigenvalue weighted by Crippen LogP contribution is 2.57. The van der Waals surface area contributed by atoms with Gasteiger partial charge >= 0.3 is 0 Å². The second-order valence-corrected chi connectivity index (χ2v) is 5.86. The highest BCUT2D eigenvalue weighted by Gasteiger charge is 2.51. The third kappa shape index (κ3) is 2.20. The van der Waals surface area contributed by atoms with E-state index in [1.807, 2.05) is 6.07 Å². The minimum absolute atomic E-state index is 0.0689. The lowest BCUT2D eigenvalue weighted by Gasteiger charge is -2.28. The molecule has 19 heavy (non-hydrogen) atoms. The molecule has 1 unspecified atom stereocenters. The third-order valence-corrected chi connectivity index (χ3v) is 4.36. The molecular formula is C16H25NO2. The standard InChI is InChI=1S/C16H25NO2/c1-10(2)12-6-7-13(18-4)15(19-5)14(12)16(8-9-16)11(3)17/h6-7,10-11H,8-9,17H2,1-5H3. The summed E-state index contributed by atoms with van der Waals surface area (Å²) in [5.74, 6) is 2.11. The number of nitrogens with two attached hydrogens (primary N) is 1. The summed E-state index contributed by atoms with van der Waals surface area (Å²) in [6, 6.07) is 4.28. The molecule has 0 aliphatic heterocycles. The molecule has 0 aromatic heterocycles. The summed E-state index contributed by atoms with van der Waals surface area (Å²) in [6.07, 6.45) is 2.27. The van der Waals surface area contributed by atoms with E-state index in [0.29, 0.717) is 5.92 Å². The van der Waals surface area contributed by atoms with E-state index in [2.05, 4.69) is 26.8 Å². The van der Waals surface area contributed by atoms with Gasteiger partial charge in [-0.05, 0) is 37.3 Å². The predicted molar refractivity (Wildman–Crippen MR) is 78.2 cm³/mol. The normalized spacial score (nSPS) is 18.3. The second kappa shape index (κ2) is 5.04. The Morgan fingerprint density at radius 2 is 1.74 bits per heavy atom. The summed E-state index contributed by atoms with van der Waals surface area (Å²) in [4.78, 5) is 0. The van der Waals surface area contributed by atoms with Crippen LogP contribution in [0, 0.1) is 0 Å². The maximum atomic E-state index is 6.25. The first-order valence-electron chi connectivity index (χ1n) is 6.99. The van der Waals surface area contributed by atoms with Gasteiger partial charge in [-0.3, -0.25) is 0 Å². The molecule has 0 radical (unpaired) electrons. The molecule has 1 aromatic rings. The van der Waals surface area contributed by atoms with Gasteiger partial charge in [0.2, 0.25) is 0 Å². The molecule has 106 valence electrons. The summed E-state index contributed by atoms with van der Waals surface area (Å²) in [5, 5.41) is 0. The Morgan fingerprint density at radius 1 is 1.11 bits per heavy atom. The number of hydrogen-bond donors (Lipinski definition) is 1. The van der Waals surface area contributed by atoms with Crippen LogP contribution in [-0.4, -0.2) is 20.3 Å². The highest BCUT2D eigenvalue weighted by molar-refractivity contribution is 5.57. The fraction of sp³-hybridized carbons (Fsp3) is 0.625. The van der Waals surface area contributed by atoms with Crippen LogP contribution in [0.2, 0.25) is 0 Å². The zero-order valence-electron chi connectivity index (χ0n) is 12.6. The molecule has 1 atom stereocenters. The van der Waals surface area contributed by atoms with Crippen molar-refractivity contribution in [3.05, 3.63) is 23.3 Å². The molecule has 2 rings (SSSR count). The van der Waals surface area contributed by atoms with Crippen molar-refractivity contribution in [2.45, 2.75) is 51.0 Å². The van der Waals surface area contributed by atoms with Crippen LogP contribution in [0.15, 0.2) is 12.1 Å². The first-order valence-corrected chi connectivity index (χ1v) is 6.99. The van der Waals surface area contributed by atoms with Gasteiger partial charge in [0.05, 0.1) is 14.2 Å². The molecule has 0 saturated heterocycles. The van der Waals surface area contributed by atoms with Crippen molar-refractivity contribution >= 4 is 0 Å². The molecule has 1 aromatic carbocycles. The lowest BCUT2D eigenvalue weighted by molar-refractivity contribution is 0.344. The van der Waals surface area contributed by atoms with Crippen molar-refractivity contribution in [2.24, 2.45) is 5.73 Å². The molecule has 1 fully saturated rings. The Balaban J connectivity index is 2.67. The fourth-order valence-electron chi connectivity index (χ4n) is 3.00. The molecule has 0 bridgehead atoms. The summed E-state index contributed by atoms with van der Waals surface area (Å²) in [5.41, 5.74) is 8.91. The Labute approximate surface area is 116 Å². The van der Waals surface area contributed by atoms with Crippen LogP contribution in [0.1, 0.15) is 50.7 Å². The lowest BCUT2D eigenvalue weighted by atomic mass is 9.82. The summed E-state index contributed by atoms with van der Waals surface area (Å²) in [7, 11) is 3.39. The van der Waals surface area contributed by atoms with Crippen LogP contribution in [0.4, 0.5) is 0 Å². The van der Waals surface area contributed by atoms with Gasteiger partial charge in [0.15, 0.2) is 11.5 Å². The van der Waals surface area contributed by atoms with Crippen LogP contribution in [0.5, 0.6) is 11.5 Å². The minimum Gasteiger partial charge on any atom is -0.493 e. The van der Waals surface area contributed by atoms with Gasteiger partial charge in [0.25, 0.3) is 0 Å². The zero-order valence-corrected chi connectivity index (χ0v) is 12.6. The van der Waals surface area contributed by atoms with Crippen LogP contribution in [-0.2, 0) is 5.41 Å². The third-order valence-electron chi connectivity index (χ3n) is 4.36. The Kier molecular flexibility index (Phi) is 3.77. The van der Waals surface area contributed by atoms with Crippen molar-refractivity contribution in [1.29, 1.82) is 0 Å². The summed E-state index contributed by atoms with van der Waals surface area (Å²) in [6.45, 7) is 6.51. The van der Waals surface area contributed by atoms with Crippen molar-refractivity contribution in [1.82, 2.24) is 0 Å². The van der Waals surface area contributed by atoms with Crippen LogP contribution in [0.25, 0.3) is 0 Å². The Morgan fingerprint density at radius 3 is 2.11 bits per heavy atom. The molecule has 3 nitrogen and oxygen atoms in total. The van der Waals surface area contributed by atoms with E-state index in [4.69, 9.17) is 15.2 Å². The van der Waals surface area contributed by atoms with Crippen molar-refractivity contribution in [2.75, 3.05) is 14.2 Å². The smallest absolute Gasteiger partial charge is 0.164 e. The second-order valence-electron chi connectivity index (χ2n) is 5.86. The molecule has 0 spiro atoms. The van der Waals surface area contributed by atoms with E-state index in [1.165, 1.54) is 11.1 Å². The number of ether oxygens (including phenoxy) is 2. The zero-order chi connectivity index (χ0) is 14.2. The number of benzene rings is 1. The summed E-state index contributed by atoms with van der Waals surface area (Å²) >= 11 is 0. The quantitative estimate of drug-likeness (QED) is 0.887. The van der Waals surface area contributed by atoms with E-state index < -0.39 is 0 Å². The van der Waals surface area contributed by atoms with Gasteiger partial charge in [-0.2, -0.15) is 0 Å². The maximum Gasteiger partial charge on any atom is 0.164 e. The van der Waals surface area contributed by atoms with E-state index in [0.717, 1.165) is 24.3 Å². The number of hydrogen-bond acceptors (Lipinski definition) is 3. The van der Waals surface area contributed by atoms with Crippen molar-refractivity contribution < 1.29 is 9.47 Å². The van der Waals surface area contributed by atoms with Crippen molar-refractivity contribution in [3.8, 4) is 11.5 Å². The molecule has 1 saturated carbocycles. The minimum atomic E-state index is 0.0689. The van der Waals surface area contributed by atoms with E-state index in [1.54, 1.807) is 14.2 Å². The maximum absolute atomic E-state index is 6.25. The lowest BCUT2D eigenvalue weighted by Crippen LogP contribution is -2.33. The van der Waals surface area contributed by atoms with Gasteiger partial charge in [0, 0.05) is 17.0 Å². The van der Waals surface area contributed by atoms with Crippen LogP contribution < -0.4 is 15.2 Å². The topological polar surface area (TPSA) is 44.5 Å². The molecule has 1 aliphatic rings. The van der Waals surface area contributed by atoms with Gasteiger partial charge in [-0.1, -0.05) is 19.9 Å². The molecule has 1 aliphatic carbocycles. The number of methoxy groups -OCH3 is 2. The number of rotatable bonds is 5. The summed E-state index contributed by atoms with van der Waals surface area (Å²) < 4.78 is 11.1. The Bertz CT molecular complexity index is 462. The highest BCUT2D eigenvalue weighted by atomic mass is 16.5. The fourth-order valence-corrected chi connectivity index (χ4v) is 3.00. The molecule has 2 N–H and O–H groups in total. The largest absolute Gasteiger partial charge is 0.493 e. The average Bonchev–Trinajstić information content (AvgIpc) is 3.17. The van der Waals surface area contributed by atoms with Gasteiger partial charge in [0.1, 0.15) is 0 Å². The van der Waals surface area contributed by atoms with Crippen molar-refractivity contribution in [3.63, 3.8) is 0 Å². The van der Waals surface area contributed by atoms with E-state index >= 15 is 0 Å². The average molecular weight is 263 g/mol. The predicted octanol–water partition coefficient (Wildman–Crippen LogP) is 3.21. The van der Waals surface area contributed by atoms with Crippen LogP contribution in [0.3, 0.4) is 0 Å². The van der Waals surface area contributed by atoms with Gasteiger partial charge in [-0.25, -0.2) is 0 Å². The van der Waals surface area contributed by atoms with Gasteiger partial charge in [-0.15, -0.1) is 0 Å². The SMILES string of the molecule is COc1ccc(C(C)C)c(C2(C(C)N)CC2)c1OC. The first-order chi connectivity index (χ1) is 8.97. The van der Waals surface area contributed by atoms with Crippen LogP contribution >= 0.6 is 0 Å².